The van der Waals surface area contributed by atoms with Crippen molar-refractivity contribution in [1.82, 2.24) is 4.90 Å². The van der Waals surface area contributed by atoms with Crippen LogP contribution < -0.4 is 5.73 Å². The first-order valence-electron chi connectivity index (χ1n) is 2.95. The summed E-state index contributed by atoms with van der Waals surface area (Å²) in [5, 5.41) is 16.4. The number of rotatable bonds is 4. The number of carbonyl (C=O) groups excluding carboxylic acids is 1. The Morgan fingerprint density at radius 3 is 2.09 bits per heavy atom. The molecule has 0 aliphatic heterocycles. The lowest BCUT2D eigenvalue weighted by atomic mass is 10.4. The van der Waals surface area contributed by atoms with E-state index >= 15 is 0 Å². The fourth-order valence-corrected chi connectivity index (χ4v) is 0.588. The lowest BCUT2D eigenvalue weighted by Gasteiger charge is -2.11. The van der Waals surface area contributed by atoms with Crippen LogP contribution in [-0.2, 0) is 4.79 Å². The number of hydrogen-bond acceptors (Lipinski definition) is 4. The van der Waals surface area contributed by atoms with Gasteiger partial charge in [0.25, 0.3) is 0 Å². The SMILES string of the molecule is N#CCN(CC#N)CC(N)=O. The van der Waals surface area contributed by atoms with E-state index < -0.39 is 5.91 Å². The van der Waals surface area contributed by atoms with E-state index in [4.69, 9.17) is 16.3 Å². The number of primary amides is 1. The molecular weight excluding hydrogens is 144 g/mol. The highest BCUT2D eigenvalue weighted by molar-refractivity contribution is 5.75. The summed E-state index contributed by atoms with van der Waals surface area (Å²) in [5.74, 6) is -0.532. The number of amides is 1. The van der Waals surface area contributed by atoms with E-state index in [1.54, 1.807) is 0 Å². The molecule has 0 fully saturated rings. The van der Waals surface area contributed by atoms with Crippen LogP contribution in [0.25, 0.3) is 0 Å². The highest BCUT2D eigenvalue weighted by Crippen LogP contribution is 1.83. The third-order valence-electron chi connectivity index (χ3n) is 0.968. The zero-order valence-electron chi connectivity index (χ0n) is 5.95. The van der Waals surface area contributed by atoms with Crippen molar-refractivity contribution in [2.45, 2.75) is 0 Å². The second kappa shape index (κ2) is 5.21. The average Bonchev–Trinajstić information content (AvgIpc) is 1.87. The Morgan fingerprint density at radius 2 is 1.82 bits per heavy atom. The zero-order valence-corrected chi connectivity index (χ0v) is 5.95. The highest BCUT2D eigenvalue weighted by Gasteiger charge is 2.05. The van der Waals surface area contributed by atoms with Gasteiger partial charge >= 0.3 is 0 Å². The third kappa shape index (κ3) is 4.89. The standard InChI is InChI=1S/C6H8N4O/c7-1-3-10(4-2-8)5-6(9)11/h3-5H2,(H2,9,11). The summed E-state index contributed by atoms with van der Waals surface area (Å²) in [5.41, 5.74) is 4.85. The lowest BCUT2D eigenvalue weighted by molar-refractivity contribution is -0.118. The molecule has 5 heteroatoms. The summed E-state index contributed by atoms with van der Waals surface area (Å²) < 4.78 is 0. The lowest BCUT2D eigenvalue weighted by Crippen LogP contribution is -2.34. The normalized spacial score (nSPS) is 8.64. The summed E-state index contributed by atoms with van der Waals surface area (Å²) in [6.45, 7) is 0.0636. The van der Waals surface area contributed by atoms with E-state index in [9.17, 15) is 4.79 Å². The van der Waals surface area contributed by atoms with Crippen LogP contribution in [0.2, 0.25) is 0 Å². The van der Waals surface area contributed by atoms with Crippen LogP contribution in [0.5, 0.6) is 0 Å². The van der Waals surface area contributed by atoms with Crippen molar-refractivity contribution in [2.75, 3.05) is 19.6 Å². The topological polar surface area (TPSA) is 93.9 Å². The van der Waals surface area contributed by atoms with Crippen molar-refractivity contribution >= 4 is 5.91 Å². The number of carbonyl (C=O) groups is 1. The maximum atomic E-state index is 10.3. The van der Waals surface area contributed by atoms with Gasteiger partial charge in [0.2, 0.25) is 5.91 Å². The maximum Gasteiger partial charge on any atom is 0.231 e. The third-order valence-corrected chi connectivity index (χ3v) is 0.968. The molecule has 0 saturated carbocycles. The van der Waals surface area contributed by atoms with Gasteiger partial charge in [-0.05, 0) is 0 Å². The molecule has 0 heterocycles. The van der Waals surface area contributed by atoms with Crippen molar-refractivity contribution in [1.29, 1.82) is 10.5 Å². The Labute approximate surface area is 64.6 Å². The molecule has 1 amide bonds. The van der Waals surface area contributed by atoms with Gasteiger partial charge in [-0.15, -0.1) is 0 Å². The molecule has 5 nitrogen and oxygen atoms in total. The summed E-state index contributed by atoms with van der Waals surface area (Å²) in [7, 11) is 0. The van der Waals surface area contributed by atoms with Gasteiger partial charge in [-0.1, -0.05) is 0 Å². The monoisotopic (exact) mass is 152 g/mol. The van der Waals surface area contributed by atoms with E-state index in [0.717, 1.165) is 0 Å². The predicted molar refractivity (Wildman–Crippen MR) is 36.9 cm³/mol. The fraction of sp³-hybridized carbons (Fsp3) is 0.500. The van der Waals surface area contributed by atoms with Crippen molar-refractivity contribution in [3.8, 4) is 12.1 Å². The Hall–Kier alpha value is -1.59. The molecule has 0 spiro atoms. The molecule has 0 aromatic heterocycles. The first-order chi connectivity index (χ1) is 5.20. The maximum absolute atomic E-state index is 10.3. The molecular formula is C6H8N4O. The van der Waals surface area contributed by atoms with Crippen LogP contribution in [0, 0.1) is 22.7 Å². The van der Waals surface area contributed by atoms with Gasteiger partial charge in [0.1, 0.15) is 0 Å². The molecule has 0 aliphatic rings. The van der Waals surface area contributed by atoms with E-state index in [1.807, 2.05) is 12.1 Å². The summed E-state index contributed by atoms with van der Waals surface area (Å²) >= 11 is 0. The van der Waals surface area contributed by atoms with E-state index in [-0.39, 0.29) is 19.6 Å². The quantitative estimate of drug-likeness (QED) is 0.513. The molecule has 0 unspecified atom stereocenters. The van der Waals surface area contributed by atoms with Crippen LogP contribution in [0.15, 0.2) is 0 Å². The second-order valence-electron chi connectivity index (χ2n) is 1.93. The highest BCUT2D eigenvalue weighted by atomic mass is 16.1. The van der Waals surface area contributed by atoms with Gasteiger partial charge in [0, 0.05) is 0 Å². The van der Waals surface area contributed by atoms with E-state index in [0.29, 0.717) is 0 Å². The summed E-state index contributed by atoms with van der Waals surface area (Å²) in [6, 6.07) is 3.65. The number of hydrogen-bond donors (Lipinski definition) is 1. The minimum atomic E-state index is -0.532. The molecule has 0 bridgehead atoms. The van der Waals surface area contributed by atoms with Crippen LogP contribution in [-0.4, -0.2) is 30.4 Å². The smallest absolute Gasteiger partial charge is 0.231 e. The van der Waals surface area contributed by atoms with Crippen molar-refractivity contribution < 1.29 is 4.79 Å². The van der Waals surface area contributed by atoms with Crippen LogP contribution in [0.3, 0.4) is 0 Å². The molecule has 0 rings (SSSR count). The first-order valence-corrected chi connectivity index (χ1v) is 2.95. The zero-order chi connectivity index (χ0) is 8.69. The number of nitrogens with two attached hydrogens (primary N) is 1. The van der Waals surface area contributed by atoms with Crippen molar-refractivity contribution in [3.63, 3.8) is 0 Å². The molecule has 0 aromatic carbocycles. The van der Waals surface area contributed by atoms with Gasteiger partial charge < -0.3 is 5.73 Å². The minimum Gasteiger partial charge on any atom is -0.369 e. The Balaban J connectivity index is 3.82. The van der Waals surface area contributed by atoms with Crippen LogP contribution in [0.4, 0.5) is 0 Å². The minimum absolute atomic E-state index is 0.0406. The van der Waals surface area contributed by atoms with Gasteiger partial charge in [0.05, 0.1) is 31.8 Å². The van der Waals surface area contributed by atoms with Gasteiger partial charge in [-0.3, -0.25) is 9.69 Å². The molecule has 0 aromatic rings. The molecule has 58 valence electrons. The van der Waals surface area contributed by atoms with Gasteiger partial charge in [-0.25, -0.2) is 0 Å². The fourth-order valence-electron chi connectivity index (χ4n) is 0.588. The summed E-state index contributed by atoms with van der Waals surface area (Å²) in [6.07, 6.45) is 0. The Morgan fingerprint density at radius 1 is 1.36 bits per heavy atom. The molecule has 0 saturated heterocycles. The summed E-state index contributed by atoms with van der Waals surface area (Å²) in [4.78, 5) is 11.7. The van der Waals surface area contributed by atoms with E-state index in [2.05, 4.69) is 0 Å². The Bertz CT molecular complexity index is 196. The second-order valence-corrected chi connectivity index (χ2v) is 1.93. The Kier molecular flexibility index (Phi) is 4.46. The first kappa shape index (κ1) is 9.41. The van der Waals surface area contributed by atoms with E-state index in [1.165, 1.54) is 4.90 Å². The van der Waals surface area contributed by atoms with Gasteiger partial charge in [0.15, 0.2) is 0 Å². The molecule has 11 heavy (non-hydrogen) atoms. The molecule has 0 radical (unpaired) electrons. The predicted octanol–water partition coefficient (Wildman–Crippen LogP) is -1.18. The number of nitriles is 2. The average molecular weight is 152 g/mol. The van der Waals surface area contributed by atoms with Crippen LogP contribution in [0.1, 0.15) is 0 Å². The van der Waals surface area contributed by atoms with Gasteiger partial charge in [-0.2, -0.15) is 10.5 Å². The molecule has 2 N–H and O–H groups in total. The largest absolute Gasteiger partial charge is 0.369 e. The van der Waals surface area contributed by atoms with Crippen LogP contribution >= 0.6 is 0 Å². The molecule has 0 atom stereocenters. The van der Waals surface area contributed by atoms with Crippen molar-refractivity contribution in [2.24, 2.45) is 5.73 Å². The molecule has 0 aliphatic carbocycles. The number of nitrogens with zero attached hydrogens (tertiary/aromatic N) is 3. The van der Waals surface area contributed by atoms with Crippen molar-refractivity contribution in [3.05, 3.63) is 0 Å².